The molecule has 0 fully saturated rings. The Morgan fingerprint density at radius 3 is 2.70 bits per heavy atom. The van der Waals surface area contributed by atoms with Crippen molar-refractivity contribution in [1.82, 2.24) is 15.3 Å². The van der Waals surface area contributed by atoms with Gasteiger partial charge in [0.1, 0.15) is 5.69 Å². The molecule has 0 saturated carbocycles. The SMILES string of the molecule is CNc1nc(C(=O)NCCc2nc(C(C)C)cs2)cs1. The highest BCUT2D eigenvalue weighted by atomic mass is 32.1. The smallest absolute Gasteiger partial charge is 0.270 e. The third-order valence-corrected chi connectivity index (χ3v) is 4.52. The second kappa shape index (κ2) is 6.81. The molecule has 5 nitrogen and oxygen atoms in total. The van der Waals surface area contributed by atoms with Crippen LogP contribution in [0.15, 0.2) is 10.8 Å². The lowest BCUT2D eigenvalue weighted by Crippen LogP contribution is -2.26. The van der Waals surface area contributed by atoms with Crippen LogP contribution < -0.4 is 10.6 Å². The summed E-state index contributed by atoms with van der Waals surface area (Å²) in [5, 5.41) is 11.4. The Labute approximate surface area is 126 Å². The van der Waals surface area contributed by atoms with Gasteiger partial charge in [0.05, 0.1) is 10.7 Å². The molecule has 2 N–H and O–H groups in total. The van der Waals surface area contributed by atoms with Crippen LogP contribution in [0.25, 0.3) is 0 Å². The molecule has 2 rings (SSSR count). The van der Waals surface area contributed by atoms with Crippen LogP contribution in [0.4, 0.5) is 5.13 Å². The topological polar surface area (TPSA) is 66.9 Å². The van der Waals surface area contributed by atoms with Gasteiger partial charge in [-0.15, -0.1) is 22.7 Å². The number of thiazole rings is 2. The monoisotopic (exact) mass is 310 g/mol. The zero-order valence-electron chi connectivity index (χ0n) is 11.8. The maximum Gasteiger partial charge on any atom is 0.270 e. The number of nitrogens with zero attached hydrogens (tertiary/aromatic N) is 2. The number of hydrogen-bond donors (Lipinski definition) is 2. The molecule has 0 atom stereocenters. The van der Waals surface area contributed by atoms with Crippen molar-refractivity contribution in [3.05, 3.63) is 27.2 Å². The molecule has 2 aromatic heterocycles. The second-order valence-electron chi connectivity index (χ2n) is 4.61. The van der Waals surface area contributed by atoms with E-state index in [2.05, 4.69) is 39.8 Å². The summed E-state index contributed by atoms with van der Waals surface area (Å²) in [5.74, 6) is 0.313. The van der Waals surface area contributed by atoms with Gasteiger partial charge in [-0.2, -0.15) is 0 Å². The number of carbonyl (C=O) groups is 1. The van der Waals surface area contributed by atoms with Crippen molar-refractivity contribution in [2.75, 3.05) is 18.9 Å². The van der Waals surface area contributed by atoms with E-state index in [9.17, 15) is 4.79 Å². The Morgan fingerprint density at radius 2 is 2.10 bits per heavy atom. The highest BCUT2D eigenvalue weighted by molar-refractivity contribution is 7.13. The normalized spacial score (nSPS) is 10.8. The van der Waals surface area contributed by atoms with Crippen molar-refractivity contribution in [2.45, 2.75) is 26.2 Å². The average molecular weight is 310 g/mol. The second-order valence-corrected chi connectivity index (χ2v) is 6.42. The van der Waals surface area contributed by atoms with Crippen LogP contribution in [0.5, 0.6) is 0 Å². The number of carbonyl (C=O) groups excluding carboxylic acids is 1. The van der Waals surface area contributed by atoms with Crippen LogP contribution in [-0.4, -0.2) is 29.5 Å². The van der Waals surface area contributed by atoms with Crippen molar-refractivity contribution in [2.24, 2.45) is 0 Å². The summed E-state index contributed by atoms with van der Waals surface area (Å²) in [7, 11) is 1.79. The minimum Gasteiger partial charge on any atom is -0.365 e. The Balaban J connectivity index is 1.81. The fraction of sp³-hybridized carbons (Fsp3) is 0.462. The fourth-order valence-electron chi connectivity index (χ4n) is 1.57. The van der Waals surface area contributed by atoms with E-state index in [1.54, 1.807) is 23.8 Å². The lowest BCUT2D eigenvalue weighted by molar-refractivity contribution is 0.0950. The highest BCUT2D eigenvalue weighted by Gasteiger charge is 2.10. The summed E-state index contributed by atoms with van der Waals surface area (Å²) >= 11 is 3.07. The third kappa shape index (κ3) is 3.77. The maximum absolute atomic E-state index is 11.9. The molecular weight excluding hydrogens is 292 g/mol. The van der Waals surface area contributed by atoms with Crippen LogP contribution in [0.3, 0.4) is 0 Å². The van der Waals surface area contributed by atoms with Gasteiger partial charge in [0, 0.05) is 30.8 Å². The number of hydrogen-bond acceptors (Lipinski definition) is 6. The van der Waals surface area contributed by atoms with Gasteiger partial charge < -0.3 is 10.6 Å². The molecule has 0 bridgehead atoms. The van der Waals surface area contributed by atoms with Gasteiger partial charge in [-0.3, -0.25) is 4.79 Å². The van der Waals surface area contributed by atoms with E-state index >= 15 is 0 Å². The van der Waals surface area contributed by atoms with Crippen LogP contribution >= 0.6 is 22.7 Å². The maximum atomic E-state index is 11.9. The molecule has 2 heterocycles. The molecule has 0 spiro atoms. The van der Waals surface area contributed by atoms with E-state index in [0.29, 0.717) is 18.2 Å². The quantitative estimate of drug-likeness (QED) is 0.861. The molecular formula is C13H18N4OS2. The summed E-state index contributed by atoms with van der Waals surface area (Å²) in [6.07, 6.45) is 0.756. The zero-order valence-corrected chi connectivity index (χ0v) is 13.4. The summed E-state index contributed by atoms with van der Waals surface area (Å²) in [6.45, 7) is 4.83. The van der Waals surface area contributed by atoms with E-state index in [1.807, 2.05) is 0 Å². The van der Waals surface area contributed by atoms with Crippen LogP contribution in [-0.2, 0) is 6.42 Å². The van der Waals surface area contributed by atoms with E-state index in [4.69, 9.17) is 0 Å². The lowest BCUT2D eigenvalue weighted by atomic mass is 10.2. The first-order chi connectivity index (χ1) is 9.60. The summed E-state index contributed by atoms with van der Waals surface area (Å²) < 4.78 is 0. The summed E-state index contributed by atoms with van der Waals surface area (Å²) in [5.41, 5.74) is 1.58. The number of aromatic nitrogens is 2. The molecule has 0 aliphatic carbocycles. The minimum atomic E-state index is -0.136. The molecule has 0 aliphatic heterocycles. The zero-order chi connectivity index (χ0) is 14.5. The first-order valence-corrected chi connectivity index (χ1v) is 8.22. The molecule has 108 valence electrons. The molecule has 0 aromatic carbocycles. The van der Waals surface area contributed by atoms with Crippen molar-refractivity contribution in [1.29, 1.82) is 0 Å². The van der Waals surface area contributed by atoms with Crippen molar-refractivity contribution in [3.8, 4) is 0 Å². The largest absolute Gasteiger partial charge is 0.365 e. The molecule has 0 aliphatic rings. The summed E-state index contributed by atoms with van der Waals surface area (Å²) in [6, 6.07) is 0. The van der Waals surface area contributed by atoms with Gasteiger partial charge in [0.15, 0.2) is 5.13 Å². The Morgan fingerprint density at radius 1 is 1.30 bits per heavy atom. The van der Waals surface area contributed by atoms with Gasteiger partial charge >= 0.3 is 0 Å². The van der Waals surface area contributed by atoms with Crippen molar-refractivity contribution >= 4 is 33.7 Å². The molecule has 20 heavy (non-hydrogen) atoms. The summed E-state index contributed by atoms with van der Waals surface area (Å²) in [4.78, 5) is 20.6. The number of anilines is 1. The van der Waals surface area contributed by atoms with Gasteiger partial charge in [-0.25, -0.2) is 9.97 Å². The van der Waals surface area contributed by atoms with E-state index in [1.165, 1.54) is 11.3 Å². The standard InChI is InChI=1S/C13H18N4OS2/c1-8(2)9-6-19-11(16-9)4-5-15-12(18)10-7-20-13(14-3)17-10/h6-8H,4-5H2,1-3H3,(H,14,17)(H,15,18). The highest BCUT2D eigenvalue weighted by Crippen LogP contribution is 2.18. The van der Waals surface area contributed by atoms with Crippen molar-refractivity contribution in [3.63, 3.8) is 0 Å². The molecule has 0 saturated heterocycles. The molecule has 0 radical (unpaired) electrons. The van der Waals surface area contributed by atoms with E-state index in [0.717, 1.165) is 22.3 Å². The average Bonchev–Trinajstić information content (AvgIpc) is 3.07. The molecule has 7 heteroatoms. The number of nitrogens with one attached hydrogen (secondary N) is 2. The van der Waals surface area contributed by atoms with Crippen LogP contribution in [0, 0.1) is 0 Å². The van der Waals surface area contributed by atoms with Gasteiger partial charge in [0.2, 0.25) is 0 Å². The fourth-order valence-corrected chi connectivity index (χ4v) is 3.18. The first kappa shape index (κ1) is 14.9. The first-order valence-electron chi connectivity index (χ1n) is 6.46. The Kier molecular flexibility index (Phi) is 5.08. The number of rotatable bonds is 6. The predicted molar refractivity (Wildman–Crippen MR) is 83.9 cm³/mol. The van der Waals surface area contributed by atoms with E-state index < -0.39 is 0 Å². The molecule has 2 aromatic rings. The molecule has 1 amide bonds. The van der Waals surface area contributed by atoms with Gasteiger partial charge in [0.25, 0.3) is 5.91 Å². The minimum absolute atomic E-state index is 0.136. The third-order valence-electron chi connectivity index (χ3n) is 2.74. The van der Waals surface area contributed by atoms with Crippen molar-refractivity contribution < 1.29 is 4.79 Å². The predicted octanol–water partition coefficient (Wildman–Crippen LogP) is 2.74. The van der Waals surface area contributed by atoms with Crippen LogP contribution in [0.2, 0.25) is 0 Å². The van der Waals surface area contributed by atoms with Gasteiger partial charge in [-0.1, -0.05) is 13.8 Å². The Bertz CT molecular complexity index is 576. The Hall–Kier alpha value is -1.47. The van der Waals surface area contributed by atoms with Gasteiger partial charge in [-0.05, 0) is 5.92 Å². The van der Waals surface area contributed by atoms with Crippen LogP contribution in [0.1, 0.15) is 41.0 Å². The number of amides is 1. The molecule has 0 unspecified atom stereocenters. The van der Waals surface area contributed by atoms with E-state index in [-0.39, 0.29) is 5.91 Å². The lowest BCUT2D eigenvalue weighted by Gasteiger charge is -2.01.